The van der Waals surface area contributed by atoms with Gasteiger partial charge < -0.3 is 0 Å². The second kappa shape index (κ2) is 3.53. The Kier molecular flexibility index (Phi) is 2.40. The fourth-order valence-electron chi connectivity index (χ4n) is 2.10. The van der Waals surface area contributed by atoms with Crippen LogP contribution in [0.25, 0.3) is 0 Å². The minimum Gasteiger partial charge on any atom is -0.151 e. The van der Waals surface area contributed by atoms with Crippen LogP contribution < -0.4 is 0 Å². The molecular weight excluding hydrogens is 164 g/mol. The van der Waals surface area contributed by atoms with E-state index in [0.717, 1.165) is 11.8 Å². The molecule has 0 N–H and O–H groups in total. The zero-order valence-corrected chi connectivity index (χ0v) is 8.00. The van der Waals surface area contributed by atoms with E-state index >= 15 is 0 Å². The van der Waals surface area contributed by atoms with E-state index in [1.807, 2.05) is 5.41 Å². The summed E-state index contributed by atoms with van der Waals surface area (Å²) in [7, 11) is 0. The number of thiol groups is 1. The van der Waals surface area contributed by atoms with Crippen LogP contribution in [0.15, 0.2) is 35.3 Å². The van der Waals surface area contributed by atoms with Gasteiger partial charge in [-0.25, -0.2) is 0 Å². The van der Waals surface area contributed by atoms with Crippen LogP contribution in [0.4, 0.5) is 0 Å². The van der Waals surface area contributed by atoms with Gasteiger partial charge in [-0.3, -0.25) is 0 Å². The van der Waals surface area contributed by atoms with Crippen LogP contribution in [-0.2, 0) is 0 Å². The first-order chi connectivity index (χ1) is 5.90. The maximum atomic E-state index is 4.22. The summed E-state index contributed by atoms with van der Waals surface area (Å²) in [6.45, 7) is 0. The van der Waals surface area contributed by atoms with Crippen molar-refractivity contribution in [3.8, 4) is 0 Å². The second-order valence-electron chi connectivity index (χ2n) is 3.63. The molecule has 0 aliphatic heterocycles. The number of hydrogen-bond acceptors (Lipinski definition) is 1. The maximum Gasteiger partial charge on any atom is -0.0130 e. The molecule has 2 unspecified atom stereocenters. The molecule has 0 bridgehead atoms. The lowest BCUT2D eigenvalue weighted by Crippen LogP contribution is -2.18. The molecule has 0 aromatic carbocycles. The summed E-state index contributed by atoms with van der Waals surface area (Å²) < 4.78 is 0. The Labute approximate surface area is 79.5 Å². The SMILES string of the molecule is SC=C1CCC2C=CC=CC2C1. The summed E-state index contributed by atoms with van der Waals surface area (Å²) in [6, 6.07) is 0. The van der Waals surface area contributed by atoms with Crippen molar-refractivity contribution < 1.29 is 0 Å². The van der Waals surface area contributed by atoms with Gasteiger partial charge in [-0.1, -0.05) is 29.9 Å². The summed E-state index contributed by atoms with van der Waals surface area (Å²) >= 11 is 4.22. The predicted molar refractivity (Wildman–Crippen MR) is 56.2 cm³/mol. The molecule has 0 amide bonds. The maximum absolute atomic E-state index is 4.22. The predicted octanol–water partition coefficient (Wildman–Crippen LogP) is 3.34. The minimum atomic E-state index is 0.752. The molecule has 0 aromatic heterocycles. The average Bonchev–Trinajstić information content (AvgIpc) is 2.17. The van der Waals surface area contributed by atoms with E-state index in [0.29, 0.717) is 0 Å². The van der Waals surface area contributed by atoms with Gasteiger partial charge >= 0.3 is 0 Å². The summed E-state index contributed by atoms with van der Waals surface area (Å²) in [6.07, 6.45) is 12.8. The quantitative estimate of drug-likeness (QED) is 0.540. The van der Waals surface area contributed by atoms with Crippen LogP contribution in [-0.4, -0.2) is 0 Å². The number of fused-ring (bicyclic) bond motifs is 1. The lowest BCUT2D eigenvalue weighted by molar-refractivity contribution is 0.391. The van der Waals surface area contributed by atoms with E-state index in [2.05, 4.69) is 36.9 Å². The van der Waals surface area contributed by atoms with Gasteiger partial charge in [-0.05, 0) is 36.5 Å². The molecule has 2 aliphatic carbocycles. The smallest absolute Gasteiger partial charge is 0.0130 e. The highest BCUT2D eigenvalue weighted by Gasteiger charge is 2.24. The highest BCUT2D eigenvalue weighted by Crippen LogP contribution is 2.36. The summed E-state index contributed by atoms with van der Waals surface area (Å²) in [5, 5.41) is 1.99. The fraction of sp³-hybridized carbons (Fsp3) is 0.455. The van der Waals surface area contributed by atoms with Gasteiger partial charge in [-0.2, -0.15) is 12.6 Å². The van der Waals surface area contributed by atoms with Gasteiger partial charge in [0.1, 0.15) is 0 Å². The lowest BCUT2D eigenvalue weighted by Gasteiger charge is -2.30. The highest BCUT2D eigenvalue weighted by atomic mass is 32.1. The van der Waals surface area contributed by atoms with Crippen LogP contribution in [0.3, 0.4) is 0 Å². The van der Waals surface area contributed by atoms with Gasteiger partial charge in [-0.15, -0.1) is 0 Å². The van der Waals surface area contributed by atoms with Crippen molar-refractivity contribution in [2.45, 2.75) is 19.3 Å². The van der Waals surface area contributed by atoms with Crippen molar-refractivity contribution in [3.63, 3.8) is 0 Å². The molecule has 12 heavy (non-hydrogen) atoms. The summed E-state index contributed by atoms with van der Waals surface area (Å²) in [5.74, 6) is 1.55. The van der Waals surface area contributed by atoms with E-state index in [9.17, 15) is 0 Å². The van der Waals surface area contributed by atoms with Crippen LogP contribution in [0.1, 0.15) is 19.3 Å². The molecule has 0 saturated heterocycles. The molecule has 2 aliphatic rings. The van der Waals surface area contributed by atoms with Crippen molar-refractivity contribution in [1.29, 1.82) is 0 Å². The standard InChI is InChI=1S/C11H14S/c12-8-9-5-6-10-3-1-2-4-11(10)7-9/h1-4,8,10-12H,5-7H2. The molecular formula is C11H14S. The van der Waals surface area contributed by atoms with Gasteiger partial charge in [0.15, 0.2) is 0 Å². The zero-order valence-electron chi connectivity index (χ0n) is 7.11. The summed E-state index contributed by atoms with van der Waals surface area (Å²) in [5.41, 5.74) is 1.51. The molecule has 0 radical (unpaired) electrons. The van der Waals surface area contributed by atoms with Crippen molar-refractivity contribution in [2.75, 3.05) is 0 Å². The Balaban J connectivity index is 2.10. The third-order valence-electron chi connectivity index (χ3n) is 2.86. The van der Waals surface area contributed by atoms with E-state index < -0.39 is 0 Å². The Morgan fingerprint density at radius 3 is 2.75 bits per heavy atom. The third-order valence-corrected chi connectivity index (χ3v) is 3.22. The molecule has 0 aromatic rings. The Bertz CT molecular complexity index is 248. The molecule has 2 rings (SSSR count). The molecule has 64 valence electrons. The van der Waals surface area contributed by atoms with E-state index in [4.69, 9.17) is 0 Å². The van der Waals surface area contributed by atoms with Crippen molar-refractivity contribution in [1.82, 2.24) is 0 Å². The topological polar surface area (TPSA) is 0 Å². The molecule has 1 fully saturated rings. The first kappa shape index (κ1) is 8.18. The van der Waals surface area contributed by atoms with Crippen LogP contribution in [0.2, 0.25) is 0 Å². The van der Waals surface area contributed by atoms with E-state index in [-0.39, 0.29) is 0 Å². The minimum absolute atomic E-state index is 0.752. The molecule has 0 heterocycles. The Morgan fingerprint density at radius 2 is 2.00 bits per heavy atom. The molecule has 2 atom stereocenters. The zero-order chi connectivity index (χ0) is 8.39. The number of rotatable bonds is 0. The van der Waals surface area contributed by atoms with Gasteiger partial charge in [0.25, 0.3) is 0 Å². The van der Waals surface area contributed by atoms with Crippen molar-refractivity contribution in [3.05, 3.63) is 35.3 Å². The monoisotopic (exact) mass is 178 g/mol. The van der Waals surface area contributed by atoms with E-state index in [1.165, 1.54) is 24.8 Å². The second-order valence-corrected chi connectivity index (χ2v) is 3.89. The first-order valence-corrected chi connectivity index (χ1v) is 5.09. The molecule has 1 saturated carbocycles. The molecule has 0 nitrogen and oxygen atoms in total. The van der Waals surface area contributed by atoms with E-state index in [1.54, 1.807) is 0 Å². The van der Waals surface area contributed by atoms with Gasteiger partial charge in [0, 0.05) is 0 Å². The molecule has 0 spiro atoms. The normalized spacial score (nSPS) is 36.9. The number of hydrogen-bond donors (Lipinski definition) is 1. The van der Waals surface area contributed by atoms with Crippen molar-refractivity contribution in [2.24, 2.45) is 11.8 Å². The molecule has 1 heteroatoms. The average molecular weight is 178 g/mol. The Hall–Kier alpha value is -0.430. The lowest BCUT2D eigenvalue weighted by atomic mass is 9.75. The Morgan fingerprint density at radius 1 is 1.25 bits per heavy atom. The third kappa shape index (κ3) is 1.51. The van der Waals surface area contributed by atoms with Crippen molar-refractivity contribution >= 4 is 12.6 Å². The number of allylic oxidation sites excluding steroid dienone is 5. The van der Waals surface area contributed by atoms with Gasteiger partial charge in [0.2, 0.25) is 0 Å². The summed E-state index contributed by atoms with van der Waals surface area (Å²) in [4.78, 5) is 0. The largest absolute Gasteiger partial charge is 0.151 e. The van der Waals surface area contributed by atoms with Crippen LogP contribution >= 0.6 is 12.6 Å². The first-order valence-electron chi connectivity index (χ1n) is 4.57. The van der Waals surface area contributed by atoms with Crippen LogP contribution in [0.5, 0.6) is 0 Å². The fourth-order valence-corrected chi connectivity index (χ4v) is 2.34. The van der Waals surface area contributed by atoms with Gasteiger partial charge in [0.05, 0.1) is 0 Å². The highest BCUT2D eigenvalue weighted by molar-refractivity contribution is 7.83. The van der Waals surface area contributed by atoms with Crippen LogP contribution in [0, 0.1) is 11.8 Å².